The van der Waals surface area contributed by atoms with E-state index in [1.807, 2.05) is 30.3 Å². The van der Waals surface area contributed by atoms with Crippen molar-refractivity contribution in [1.29, 1.82) is 0 Å². The predicted octanol–water partition coefficient (Wildman–Crippen LogP) is 0.584. The molecule has 0 aliphatic heterocycles. The predicted molar refractivity (Wildman–Crippen MR) is 57.4 cm³/mol. The lowest BCUT2D eigenvalue weighted by Gasteiger charge is -2.02. The minimum absolute atomic E-state index is 0.246. The van der Waals surface area contributed by atoms with Crippen LogP contribution in [0.2, 0.25) is 0 Å². The molecule has 0 amide bonds. The summed E-state index contributed by atoms with van der Waals surface area (Å²) < 4.78 is 0. The van der Waals surface area contributed by atoms with Gasteiger partial charge in [-0.2, -0.15) is 0 Å². The fraction of sp³-hybridized carbons (Fsp3) is 0. The van der Waals surface area contributed by atoms with Crippen molar-refractivity contribution in [3.63, 3.8) is 0 Å². The Hall–Kier alpha value is -1.15. The number of fused-ring (bicyclic) bond motifs is 1. The van der Waals surface area contributed by atoms with Crippen molar-refractivity contribution in [3.8, 4) is 0 Å². The van der Waals surface area contributed by atoms with Gasteiger partial charge in [0.2, 0.25) is 0 Å². The highest BCUT2D eigenvalue weighted by molar-refractivity contribution is 9.10. The smallest absolute Gasteiger partial charge is 0.0947 e. The third-order valence-electron chi connectivity index (χ3n) is 1.97. The summed E-state index contributed by atoms with van der Waals surface area (Å²) in [6.07, 6.45) is 3.62. The van der Waals surface area contributed by atoms with Gasteiger partial charge in [-0.05, 0) is 38.5 Å². The number of halogens is 1. The molecule has 0 N–H and O–H groups in total. The molecule has 13 heavy (non-hydrogen) atoms. The number of nitrogens with zero attached hydrogens (tertiary/aromatic N) is 1. The third kappa shape index (κ3) is 1.49. The zero-order valence-corrected chi connectivity index (χ0v) is 8.38. The van der Waals surface area contributed by atoms with E-state index in [1.54, 1.807) is 6.08 Å². The van der Waals surface area contributed by atoms with E-state index in [0.29, 0.717) is 5.57 Å². The number of allylic oxidation sites excluding steroid dienone is 1. The largest absolute Gasteiger partial charge is 0.150 e. The maximum absolute atomic E-state index is 9.52. The minimum Gasteiger partial charge on any atom is -0.150 e. The zero-order valence-electron chi connectivity index (χ0n) is 6.79. The van der Waals surface area contributed by atoms with Crippen LogP contribution in [-0.2, 0) is 0 Å². The van der Waals surface area contributed by atoms with Crippen LogP contribution >= 0.6 is 15.9 Å². The van der Waals surface area contributed by atoms with Gasteiger partial charge in [0.05, 0.1) is 5.71 Å². The van der Waals surface area contributed by atoms with Gasteiger partial charge in [-0.15, -0.1) is 5.41 Å². The molecule has 1 aromatic rings. The molecule has 0 spiro atoms. The molecular formula is C11H6BrN. The van der Waals surface area contributed by atoms with Gasteiger partial charge in [0.1, 0.15) is 0 Å². The van der Waals surface area contributed by atoms with Crippen LogP contribution in [-0.4, -0.2) is 5.71 Å². The average molecular weight is 232 g/mol. The van der Waals surface area contributed by atoms with Crippen LogP contribution in [0.1, 0.15) is 0 Å². The molecule has 62 valence electrons. The molecule has 0 atom stereocenters. The van der Waals surface area contributed by atoms with Crippen molar-refractivity contribution in [2.75, 3.05) is 0 Å². The van der Waals surface area contributed by atoms with Crippen LogP contribution in [0.25, 0.3) is 12.2 Å². The first-order valence-corrected chi connectivity index (χ1v) is 4.69. The Morgan fingerprint density at radius 1 is 1.08 bits per heavy atom. The van der Waals surface area contributed by atoms with Crippen LogP contribution in [0.5, 0.6) is 0 Å². The molecule has 2 rings (SSSR count). The maximum atomic E-state index is 9.52. The van der Waals surface area contributed by atoms with E-state index in [-0.39, 0.29) is 5.71 Å². The van der Waals surface area contributed by atoms with E-state index in [2.05, 4.69) is 20.9 Å². The second-order valence-corrected chi connectivity index (χ2v) is 3.21. The fourth-order valence-electron chi connectivity index (χ4n) is 1.30. The topological polar surface area (TPSA) is 22.3 Å². The summed E-state index contributed by atoms with van der Waals surface area (Å²) in [7, 11) is 0. The van der Waals surface area contributed by atoms with Gasteiger partial charge in [0.15, 0.2) is 0 Å². The maximum Gasteiger partial charge on any atom is 0.0947 e. The Bertz CT molecular complexity index is 497. The van der Waals surface area contributed by atoms with Crippen LogP contribution < -0.4 is 15.8 Å². The summed E-state index contributed by atoms with van der Waals surface area (Å²) in [6.45, 7) is 0. The number of benzene rings is 1. The van der Waals surface area contributed by atoms with Crippen molar-refractivity contribution in [3.05, 3.63) is 45.3 Å². The Labute approximate surface area is 84.7 Å². The molecule has 1 aromatic carbocycles. The van der Waals surface area contributed by atoms with Crippen molar-refractivity contribution in [2.45, 2.75) is 0 Å². The highest BCUT2D eigenvalue weighted by Crippen LogP contribution is 2.03. The Kier molecular flexibility index (Phi) is 2.15. The molecule has 0 fully saturated rings. The van der Waals surface area contributed by atoms with E-state index in [4.69, 9.17) is 0 Å². The van der Waals surface area contributed by atoms with E-state index in [9.17, 15) is 5.41 Å². The summed E-state index contributed by atoms with van der Waals surface area (Å²) in [5, 5.41) is 11.6. The van der Waals surface area contributed by atoms with E-state index in [0.717, 1.165) is 10.4 Å². The quantitative estimate of drug-likeness (QED) is 0.624. The summed E-state index contributed by atoms with van der Waals surface area (Å²) in [5.41, 5.74) is 0.925. The molecule has 1 nitrogen and oxygen atoms in total. The lowest BCUT2D eigenvalue weighted by atomic mass is 10.0. The van der Waals surface area contributed by atoms with Crippen molar-refractivity contribution >= 4 is 33.8 Å². The Morgan fingerprint density at radius 2 is 1.69 bits per heavy atom. The fourth-order valence-corrected chi connectivity index (χ4v) is 1.62. The van der Waals surface area contributed by atoms with Crippen LogP contribution in [0.3, 0.4) is 0 Å². The summed E-state index contributed by atoms with van der Waals surface area (Å²) in [4.78, 5) is 2.75. The zero-order chi connectivity index (χ0) is 9.26. The standard InChI is InChI=1S/C11H6BrN/c12-7-10-5-8-3-1-2-4-9(8)6-11(10)13/h1-6H. The van der Waals surface area contributed by atoms with Crippen LogP contribution in [0.15, 0.2) is 29.8 Å². The molecule has 2 radical (unpaired) electrons. The monoisotopic (exact) mass is 231 g/mol. The lowest BCUT2D eigenvalue weighted by molar-refractivity contribution is 1.50. The SMILES string of the molecule is [N]=C1C=c2ccccc2=CC1=[C]Br. The minimum atomic E-state index is 0.246. The summed E-state index contributed by atoms with van der Waals surface area (Å²) >= 11 is 3.08. The molecular weight excluding hydrogens is 226 g/mol. The molecule has 1 aliphatic rings. The Morgan fingerprint density at radius 3 is 2.31 bits per heavy atom. The second-order valence-electron chi connectivity index (χ2n) is 2.81. The van der Waals surface area contributed by atoms with Crippen LogP contribution in [0, 0.1) is 4.99 Å². The van der Waals surface area contributed by atoms with Gasteiger partial charge in [-0.25, -0.2) is 0 Å². The van der Waals surface area contributed by atoms with Gasteiger partial charge >= 0.3 is 0 Å². The first-order valence-electron chi connectivity index (χ1n) is 3.89. The van der Waals surface area contributed by atoms with Gasteiger partial charge in [-0.1, -0.05) is 24.3 Å². The molecule has 0 heterocycles. The second kappa shape index (κ2) is 3.30. The molecule has 1 aliphatic carbocycles. The average Bonchev–Trinajstić information content (AvgIpc) is 2.17. The number of rotatable bonds is 0. The van der Waals surface area contributed by atoms with Gasteiger partial charge in [0, 0.05) is 10.6 Å². The normalized spacial score (nSPS) is 17.6. The molecule has 0 saturated carbocycles. The summed E-state index contributed by atoms with van der Waals surface area (Å²) in [5.74, 6) is 0. The van der Waals surface area contributed by atoms with Crippen molar-refractivity contribution < 1.29 is 0 Å². The van der Waals surface area contributed by atoms with E-state index < -0.39 is 0 Å². The van der Waals surface area contributed by atoms with Crippen LogP contribution in [0.4, 0.5) is 0 Å². The van der Waals surface area contributed by atoms with E-state index in [1.165, 1.54) is 0 Å². The van der Waals surface area contributed by atoms with Crippen molar-refractivity contribution in [1.82, 2.24) is 5.41 Å². The van der Waals surface area contributed by atoms with E-state index >= 15 is 0 Å². The number of hydrogen-bond acceptors (Lipinski definition) is 0. The van der Waals surface area contributed by atoms with Gasteiger partial charge in [0.25, 0.3) is 0 Å². The highest BCUT2D eigenvalue weighted by Gasteiger charge is 2.04. The van der Waals surface area contributed by atoms with Gasteiger partial charge in [-0.3, -0.25) is 0 Å². The lowest BCUT2D eigenvalue weighted by Crippen LogP contribution is -2.29. The molecule has 0 aromatic heterocycles. The molecule has 0 saturated heterocycles. The van der Waals surface area contributed by atoms with Crippen molar-refractivity contribution in [2.24, 2.45) is 0 Å². The first kappa shape index (κ1) is 8.45. The first-order chi connectivity index (χ1) is 6.31. The summed E-state index contributed by atoms with van der Waals surface area (Å²) in [6, 6.07) is 7.88. The number of hydrogen-bond donors (Lipinski definition) is 0. The Balaban J connectivity index is 2.81. The highest BCUT2D eigenvalue weighted by atomic mass is 79.9. The molecule has 2 heteroatoms. The third-order valence-corrected chi connectivity index (χ3v) is 2.39. The van der Waals surface area contributed by atoms with Gasteiger partial charge < -0.3 is 0 Å². The molecule has 0 unspecified atom stereocenters. The molecule has 0 bridgehead atoms.